The largest absolute Gasteiger partial charge is 0.462 e. The molecule has 0 bridgehead atoms. The van der Waals surface area contributed by atoms with Crippen molar-refractivity contribution in [2.45, 2.75) is 284 Å². The monoisotopic (exact) mass is 1010 g/mol. The third kappa shape index (κ3) is 58.8. The van der Waals surface area contributed by atoms with Gasteiger partial charge in [-0.05, 0) is 109 Å². The summed E-state index contributed by atoms with van der Waals surface area (Å²) in [7, 11) is 0. The topological polar surface area (TPSA) is 78.9 Å². The Balaban J connectivity index is 4.34. The minimum absolute atomic E-state index is 0.0868. The second kappa shape index (κ2) is 60.6. The third-order valence-corrected chi connectivity index (χ3v) is 12.8. The Labute approximate surface area is 450 Å². The second-order valence-corrected chi connectivity index (χ2v) is 19.9. The highest BCUT2D eigenvalue weighted by atomic mass is 16.6. The molecule has 1 atom stereocenters. The van der Waals surface area contributed by atoms with Crippen molar-refractivity contribution in [1.29, 1.82) is 0 Å². The highest BCUT2D eigenvalue weighted by Crippen LogP contribution is 2.15. The number of hydrogen-bond donors (Lipinski definition) is 0. The standard InChI is InChI=1S/C67H112O6/c1-4-7-10-13-16-19-22-24-26-28-30-31-32-33-34-35-36-37-38-40-41-43-45-48-51-54-57-60-66(69)72-63-64(62-71-65(68)59-56-53-50-47-21-18-15-12-9-6-3)73-67(70)61-58-55-52-49-46-44-42-39-29-27-25-23-20-17-14-11-8-5-2/h7,10,16,19-20,23-24,26-27,29-31,33-34,36-37,40-41,64H,4-6,8-9,11-15,17-18,21-22,25,28,32,35,38-39,42-63H2,1-3H3/b10-7-,19-16-,23-20-,26-24-,29-27-,31-30-,34-33-,37-36-,41-40-. The van der Waals surface area contributed by atoms with Crippen molar-refractivity contribution in [3.8, 4) is 0 Å². The summed E-state index contributed by atoms with van der Waals surface area (Å²) in [5.41, 5.74) is 0. The first kappa shape index (κ1) is 69.1. The highest BCUT2D eigenvalue weighted by molar-refractivity contribution is 5.71. The maximum absolute atomic E-state index is 12.9. The van der Waals surface area contributed by atoms with Crippen molar-refractivity contribution in [2.75, 3.05) is 13.2 Å². The van der Waals surface area contributed by atoms with Crippen molar-refractivity contribution in [2.24, 2.45) is 0 Å². The van der Waals surface area contributed by atoms with Crippen LogP contribution in [0.5, 0.6) is 0 Å². The maximum Gasteiger partial charge on any atom is 0.306 e. The Morgan fingerprint density at radius 2 is 0.534 bits per heavy atom. The summed E-state index contributed by atoms with van der Waals surface area (Å²) < 4.78 is 16.8. The zero-order valence-electron chi connectivity index (χ0n) is 47.6. The number of allylic oxidation sites excluding steroid dienone is 18. The van der Waals surface area contributed by atoms with Gasteiger partial charge in [-0.3, -0.25) is 14.4 Å². The predicted molar refractivity (Wildman–Crippen MR) is 316 cm³/mol. The van der Waals surface area contributed by atoms with Crippen LogP contribution in [0.1, 0.15) is 278 Å². The predicted octanol–water partition coefficient (Wildman–Crippen LogP) is 20.7. The van der Waals surface area contributed by atoms with E-state index in [9.17, 15) is 14.4 Å². The van der Waals surface area contributed by atoms with Gasteiger partial charge in [-0.15, -0.1) is 0 Å². The first-order valence-electron chi connectivity index (χ1n) is 30.4. The fourth-order valence-corrected chi connectivity index (χ4v) is 8.22. The first-order chi connectivity index (χ1) is 36.0. The van der Waals surface area contributed by atoms with Crippen molar-refractivity contribution in [1.82, 2.24) is 0 Å². The van der Waals surface area contributed by atoms with Gasteiger partial charge in [0.05, 0.1) is 0 Å². The smallest absolute Gasteiger partial charge is 0.306 e. The lowest BCUT2D eigenvalue weighted by atomic mass is 10.1. The minimum Gasteiger partial charge on any atom is -0.462 e. The molecule has 0 saturated carbocycles. The number of carbonyl (C=O) groups is 3. The van der Waals surface area contributed by atoms with E-state index in [-0.39, 0.29) is 31.1 Å². The van der Waals surface area contributed by atoms with E-state index in [0.717, 1.165) is 135 Å². The lowest BCUT2D eigenvalue weighted by Gasteiger charge is -2.18. The van der Waals surface area contributed by atoms with E-state index >= 15 is 0 Å². The summed E-state index contributed by atoms with van der Waals surface area (Å²) in [5, 5.41) is 0. The molecule has 0 radical (unpaired) electrons. The molecule has 6 heteroatoms. The van der Waals surface area contributed by atoms with E-state index in [1.807, 2.05) is 0 Å². The summed E-state index contributed by atoms with van der Waals surface area (Å²) in [6.07, 6.45) is 82.3. The summed E-state index contributed by atoms with van der Waals surface area (Å²) in [6.45, 7) is 6.48. The van der Waals surface area contributed by atoms with Crippen LogP contribution in [0, 0.1) is 0 Å². The molecule has 416 valence electrons. The number of carbonyl (C=O) groups excluding carboxylic acids is 3. The van der Waals surface area contributed by atoms with E-state index in [1.54, 1.807) is 0 Å². The molecule has 6 nitrogen and oxygen atoms in total. The van der Waals surface area contributed by atoms with Crippen LogP contribution in [-0.2, 0) is 28.6 Å². The molecule has 0 N–H and O–H groups in total. The second-order valence-electron chi connectivity index (χ2n) is 19.9. The molecular weight excluding hydrogens is 901 g/mol. The molecule has 0 spiro atoms. The molecule has 0 saturated heterocycles. The number of unbranched alkanes of at least 4 members (excludes halogenated alkanes) is 25. The van der Waals surface area contributed by atoms with Gasteiger partial charge in [-0.1, -0.05) is 259 Å². The molecule has 0 fully saturated rings. The van der Waals surface area contributed by atoms with Crippen LogP contribution >= 0.6 is 0 Å². The van der Waals surface area contributed by atoms with Gasteiger partial charge < -0.3 is 14.2 Å². The van der Waals surface area contributed by atoms with Crippen LogP contribution in [0.15, 0.2) is 109 Å². The Kier molecular flexibility index (Phi) is 57.4. The van der Waals surface area contributed by atoms with Gasteiger partial charge in [-0.25, -0.2) is 0 Å². The Morgan fingerprint density at radius 3 is 0.849 bits per heavy atom. The average Bonchev–Trinajstić information content (AvgIpc) is 3.39. The van der Waals surface area contributed by atoms with Crippen molar-refractivity contribution in [3.63, 3.8) is 0 Å². The lowest BCUT2D eigenvalue weighted by molar-refractivity contribution is -0.167. The third-order valence-electron chi connectivity index (χ3n) is 12.8. The molecule has 0 aromatic heterocycles. The summed E-state index contributed by atoms with van der Waals surface area (Å²) in [6, 6.07) is 0. The minimum atomic E-state index is -0.791. The van der Waals surface area contributed by atoms with Crippen LogP contribution in [0.25, 0.3) is 0 Å². The summed E-state index contributed by atoms with van der Waals surface area (Å²) in [4.78, 5) is 38.1. The van der Waals surface area contributed by atoms with E-state index in [2.05, 4.69) is 130 Å². The molecule has 0 heterocycles. The number of rotatable bonds is 54. The molecule has 0 aromatic carbocycles. The Hall–Kier alpha value is -3.93. The fourth-order valence-electron chi connectivity index (χ4n) is 8.22. The number of hydrogen-bond acceptors (Lipinski definition) is 6. The van der Waals surface area contributed by atoms with Gasteiger partial charge in [0.1, 0.15) is 13.2 Å². The van der Waals surface area contributed by atoms with Crippen LogP contribution in [-0.4, -0.2) is 37.2 Å². The van der Waals surface area contributed by atoms with Gasteiger partial charge in [-0.2, -0.15) is 0 Å². The molecule has 1 unspecified atom stereocenters. The van der Waals surface area contributed by atoms with Gasteiger partial charge >= 0.3 is 17.9 Å². The normalized spacial score (nSPS) is 12.9. The summed E-state index contributed by atoms with van der Waals surface area (Å²) in [5.74, 6) is -0.913. The highest BCUT2D eigenvalue weighted by Gasteiger charge is 2.19. The number of esters is 3. The van der Waals surface area contributed by atoms with Crippen LogP contribution in [0.2, 0.25) is 0 Å². The first-order valence-corrected chi connectivity index (χ1v) is 30.4. The molecule has 0 aliphatic carbocycles. The molecule has 0 aromatic rings. The maximum atomic E-state index is 12.9. The molecule has 0 amide bonds. The summed E-state index contributed by atoms with van der Waals surface area (Å²) >= 11 is 0. The van der Waals surface area contributed by atoms with Crippen LogP contribution in [0.3, 0.4) is 0 Å². The van der Waals surface area contributed by atoms with E-state index in [1.165, 1.54) is 103 Å². The van der Waals surface area contributed by atoms with Crippen LogP contribution < -0.4 is 0 Å². The van der Waals surface area contributed by atoms with Crippen molar-refractivity contribution >= 4 is 17.9 Å². The SMILES string of the molecule is CC/C=C\C/C=C\C/C=C\C/C=C\C/C=C\C/C=C\C/C=C\CCCCCCCC(=O)OCC(COC(=O)CCCCCCCCCCCC)OC(=O)CCCCCCCCC/C=C\C/C=C\CCCCCC. The van der Waals surface area contributed by atoms with E-state index < -0.39 is 6.10 Å². The molecule has 0 rings (SSSR count). The van der Waals surface area contributed by atoms with Gasteiger partial charge in [0, 0.05) is 19.3 Å². The Morgan fingerprint density at radius 1 is 0.288 bits per heavy atom. The fraction of sp³-hybridized carbons (Fsp3) is 0.687. The van der Waals surface area contributed by atoms with Crippen molar-refractivity contribution in [3.05, 3.63) is 109 Å². The zero-order valence-corrected chi connectivity index (χ0v) is 47.6. The molecule has 73 heavy (non-hydrogen) atoms. The van der Waals surface area contributed by atoms with E-state index in [4.69, 9.17) is 14.2 Å². The van der Waals surface area contributed by atoms with Gasteiger partial charge in [0.15, 0.2) is 6.10 Å². The van der Waals surface area contributed by atoms with Gasteiger partial charge in [0.2, 0.25) is 0 Å². The lowest BCUT2D eigenvalue weighted by Crippen LogP contribution is -2.30. The van der Waals surface area contributed by atoms with Gasteiger partial charge in [0.25, 0.3) is 0 Å². The molecular formula is C67H112O6. The zero-order chi connectivity index (χ0) is 52.9. The van der Waals surface area contributed by atoms with E-state index in [0.29, 0.717) is 19.3 Å². The van der Waals surface area contributed by atoms with Crippen LogP contribution in [0.4, 0.5) is 0 Å². The molecule has 0 aliphatic rings. The Bertz CT molecular complexity index is 1490. The van der Waals surface area contributed by atoms with Crippen molar-refractivity contribution < 1.29 is 28.6 Å². The average molecular weight is 1010 g/mol. The molecule has 0 aliphatic heterocycles. The quantitative estimate of drug-likeness (QED) is 0.0261. The number of ether oxygens (including phenoxy) is 3.